The molecule has 8 aromatic heterocycles. The topological polar surface area (TPSA) is 231 Å². The smallest absolute Gasteiger partial charge is 0.232 e. The molecule has 2 aromatic carbocycles. The molecular formula is C53H45N13O6. The van der Waals surface area contributed by atoms with E-state index in [2.05, 4.69) is 56.7 Å². The zero-order valence-corrected chi connectivity index (χ0v) is 38.6. The number of carbonyl (C=O) groups is 2. The summed E-state index contributed by atoms with van der Waals surface area (Å²) in [6.07, 6.45) is 8.48. The molecule has 12 rings (SSSR count). The number of benzene rings is 2. The first kappa shape index (κ1) is 44.2. The SMILES string of the molecule is O=C(Cc1cc(-c2cccnc2)no1)Nc1ccc(-c2cc3c(N4CCOC(c5ccc(-c6cc(CC(=O)Nc7ccc(-c8nc9c(N%10CCOCC%10)nccc9[nH]8)cc7)on6)cn5)C4)nccc3[nH]2)cc1. The summed E-state index contributed by atoms with van der Waals surface area (Å²) in [7, 11) is 0. The van der Waals surface area contributed by atoms with Crippen molar-refractivity contribution in [1.29, 1.82) is 0 Å². The van der Waals surface area contributed by atoms with Gasteiger partial charge in [-0.2, -0.15) is 0 Å². The van der Waals surface area contributed by atoms with Gasteiger partial charge in [-0.3, -0.25) is 19.6 Å². The second-order valence-corrected chi connectivity index (χ2v) is 17.5. The molecule has 4 N–H and O–H groups in total. The molecular weight excluding hydrogens is 915 g/mol. The van der Waals surface area contributed by atoms with Crippen LogP contribution in [0.2, 0.25) is 0 Å². The van der Waals surface area contributed by atoms with Crippen molar-refractivity contribution in [3.8, 4) is 45.2 Å². The summed E-state index contributed by atoms with van der Waals surface area (Å²) in [4.78, 5) is 60.5. The first-order chi connectivity index (χ1) is 35.4. The van der Waals surface area contributed by atoms with E-state index in [9.17, 15) is 9.59 Å². The number of nitrogens with one attached hydrogen (secondary N) is 4. The van der Waals surface area contributed by atoms with Crippen LogP contribution >= 0.6 is 0 Å². The minimum absolute atomic E-state index is 0.00404. The van der Waals surface area contributed by atoms with Crippen LogP contribution in [0.25, 0.3) is 67.1 Å². The van der Waals surface area contributed by atoms with Crippen molar-refractivity contribution < 1.29 is 28.1 Å². The van der Waals surface area contributed by atoms with Gasteiger partial charge < -0.3 is 48.9 Å². The Morgan fingerprint density at radius 1 is 0.625 bits per heavy atom. The van der Waals surface area contributed by atoms with E-state index in [1.54, 1.807) is 43.1 Å². The first-order valence-electron chi connectivity index (χ1n) is 23.5. The van der Waals surface area contributed by atoms with E-state index in [4.69, 9.17) is 33.5 Å². The van der Waals surface area contributed by atoms with Crippen molar-refractivity contribution in [3.05, 3.63) is 151 Å². The predicted molar refractivity (Wildman–Crippen MR) is 269 cm³/mol. The number of fused-ring (bicyclic) bond motifs is 2. The summed E-state index contributed by atoms with van der Waals surface area (Å²) < 4.78 is 22.7. The number of morpholine rings is 2. The summed E-state index contributed by atoms with van der Waals surface area (Å²) >= 11 is 0. The van der Waals surface area contributed by atoms with Crippen LogP contribution in [0, 0.1) is 0 Å². The molecule has 2 fully saturated rings. The molecule has 72 heavy (non-hydrogen) atoms. The lowest BCUT2D eigenvalue weighted by atomic mass is 10.1. The third-order valence-electron chi connectivity index (χ3n) is 12.7. The van der Waals surface area contributed by atoms with Gasteiger partial charge in [0.1, 0.15) is 46.2 Å². The summed E-state index contributed by atoms with van der Waals surface area (Å²) in [6.45, 7) is 4.56. The molecule has 1 atom stereocenters. The van der Waals surface area contributed by atoms with Gasteiger partial charge in [0.25, 0.3) is 0 Å². The number of rotatable bonds is 13. The lowest BCUT2D eigenvalue weighted by Crippen LogP contribution is -2.39. The fourth-order valence-electron chi connectivity index (χ4n) is 9.03. The third kappa shape index (κ3) is 9.36. The molecule has 1 unspecified atom stereocenters. The highest BCUT2D eigenvalue weighted by Gasteiger charge is 2.26. The molecule has 19 nitrogen and oxygen atoms in total. The highest BCUT2D eigenvalue weighted by Crippen LogP contribution is 2.34. The van der Waals surface area contributed by atoms with Gasteiger partial charge in [0.05, 0.1) is 55.9 Å². The van der Waals surface area contributed by atoms with Gasteiger partial charge in [0.2, 0.25) is 11.8 Å². The molecule has 0 radical (unpaired) electrons. The summed E-state index contributed by atoms with van der Waals surface area (Å²) in [5.41, 5.74) is 10.3. The van der Waals surface area contributed by atoms with E-state index in [0.29, 0.717) is 67.2 Å². The average Bonchev–Trinajstić information content (AvgIpc) is 4.27. The maximum Gasteiger partial charge on any atom is 0.232 e. The first-order valence-corrected chi connectivity index (χ1v) is 23.5. The second-order valence-electron chi connectivity index (χ2n) is 17.5. The summed E-state index contributed by atoms with van der Waals surface area (Å²) in [5.74, 6) is 2.84. The molecule has 358 valence electrons. The van der Waals surface area contributed by atoms with Crippen molar-refractivity contribution in [3.63, 3.8) is 0 Å². The Kier molecular flexibility index (Phi) is 11.9. The van der Waals surface area contributed by atoms with Crippen LogP contribution in [-0.2, 0) is 31.9 Å². The Morgan fingerprint density at radius 3 is 1.96 bits per heavy atom. The van der Waals surface area contributed by atoms with Crippen LogP contribution in [0.5, 0.6) is 0 Å². The summed E-state index contributed by atoms with van der Waals surface area (Å²) in [5, 5.41) is 15.2. The van der Waals surface area contributed by atoms with Crippen LogP contribution in [-0.4, -0.2) is 103 Å². The monoisotopic (exact) mass is 959 g/mol. The average molecular weight is 960 g/mol. The predicted octanol–water partition coefficient (Wildman–Crippen LogP) is 8.05. The molecule has 0 aliphatic carbocycles. The summed E-state index contributed by atoms with van der Waals surface area (Å²) in [6, 6.07) is 32.3. The molecule has 0 saturated carbocycles. The van der Waals surface area contributed by atoms with E-state index in [0.717, 1.165) is 86.1 Å². The minimum Gasteiger partial charge on any atom is -0.378 e. The Labute approximate surface area is 410 Å². The highest BCUT2D eigenvalue weighted by atomic mass is 16.5. The fourth-order valence-corrected chi connectivity index (χ4v) is 9.03. The number of pyridine rings is 4. The maximum atomic E-state index is 13.1. The number of nitrogens with zero attached hydrogens (tertiary/aromatic N) is 9. The molecule has 0 bridgehead atoms. The van der Waals surface area contributed by atoms with E-state index in [-0.39, 0.29) is 30.8 Å². The quantitative estimate of drug-likeness (QED) is 0.0857. The number of aromatic nitrogens is 9. The largest absolute Gasteiger partial charge is 0.378 e. The zero-order chi connectivity index (χ0) is 48.4. The van der Waals surface area contributed by atoms with E-state index >= 15 is 0 Å². The number of aromatic amines is 2. The van der Waals surface area contributed by atoms with Gasteiger partial charge in [-0.05, 0) is 84.4 Å². The van der Waals surface area contributed by atoms with Gasteiger partial charge in [-0.1, -0.05) is 22.4 Å². The van der Waals surface area contributed by atoms with Gasteiger partial charge in [0.15, 0.2) is 5.82 Å². The van der Waals surface area contributed by atoms with Crippen LogP contribution in [0.3, 0.4) is 0 Å². The molecule has 2 amide bonds. The lowest BCUT2D eigenvalue weighted by molar-refractivity contribution is -0.116. The van der Waals surface area contributed by atoms with Crippen molar-refractivity contribution in [2.75, 3.05) is 66.4 Å². The number of H-pyrrole nitrogens is 2. The molecule has 19 heteroatoms. The Balaban J connectivity index is 0.647. The van der Waals surface area contributed by atoms with Crippen LogP contribution in [0.4, 0.5) is 23.0 Å². The maximum absolute atomic E-state index is 13.1. The van der Waals surface area contributed by atoms with Crippen LogP contribution in [0.15, 0.2) is 143 Å². The van der Waals surface area contributed by atoms with Crippen LogP contribution in [0.1, 0.15) is 23.3 Å². The molecule has 2 saturated heterocycles. The number of anilines is 4. The standard InChI is InChI=1S/C53H45N13O6/c67-48(26-38-24-45(63-71-38)34-2-1-15-54-29-34)58-36-8-3-32(4-9-36)44-28-40-41(60-44)13-16-55-52(40)66-20-23-70-47(31-66)42-12-7-35(30-57-42)46-25-39(72-64-46)27-49(68)59-37-10-5-33(6-11-37)51-61-43-14-17-56-53(50(43)62-51)65-18-21-69-22-19-65/h1-17,24-25,28-30,47,60H,18-23,26-27,31H2,(H,58,67)(H,59,68)(H,61,62). The highest BCUT2D eigenvalue weighted by molar-refractivity contribution is 5.96. The fraction of sp³-hybridized carbons (Fsp3) is 0.189. The lowest BCUT2D eigenvalue weighted by Gasteiger charge is -2.33. The normalized spacial score (nSPS) is 15.0. The third-order valence-corrected chi connectivity index (χ3v) is 12.7. The Bertz CT molecular complexity index is 3530. The number of ether oxygens (including phenoxy) is 2. The van der Waals surface area contributed by atoms with Gasteiger partial charge in [0, 0.05) is 102 Å². The van der Waals surface area contributed by atoms with Gasteiger partial charge in [-0.25, -0.2) is 15.0 Å². The number of amides is 2. The van der Waals surface area contributed by atoms with Gasteiger partial charge in [-0.15, -0.1) is 0 Å². The minimum atomic E-state index is -0.298. The van der Waals surface area contributed by atoms with Crippen molar-refractivity contribution in [2.45, 2.75) is 18.9 Å². The zero-order valence-electron chi connectivity index (χ0n) is 38.6. The second kappa shape index (κ2) is 19.4. The van der Waals surface area contributed by atoms with Crippen molar-refractivity contribution >= 4 is 56.8 Å². The van der Waals surface area contributed by atoms with Crippen molar-refractivity contribution in [1.82, 2.24) is 45.2 Å². The molecule has 2 aliphatic rings. The Morgan fingerprint density at radius 2 is 1.28 bits per heavy atom. The Hall–Kier alpha value is -9.07. The molecule has 0 spiro atoms. The van der Waals surface area contributed by atoms with Crippen molar-refractivity contribution in [2.24, 2.45) is 0 Å². The van der Waals surface area contributed by atoms with Gasteiger partial charge >= 0.3 is 0 Å². The molecule has 10 aromatic rings. The number of hydrogen-bond acceptors (Lipinski definition) is 15. The molecule has 10 heterocycles. The van der Waals surface area contributed by atoms with E-state index in [1.165, 1.54) is 0 Å². The molecule has 2 aliphatic heterocycles. The van der Waals surface area contributed by atoms with E-state index in [1.807, 2.05) is 84.9 Å². The number of carbonyl (C=O) groups excluding carboxylic acids is 2. The van der Waals surface area contributed by atoms with E-state index < -0.39 is 0 Å². The number of imidazole rings is 1. The van der Waals surface area contributed by atoms with Crippen LogP contribution < -0.4 is 20.4 Å². The number of hydrogen-bond donors (Lipinski definition) is 4.